The summed E-state index contributed by atoms with van der Waals surface area (Å²) in [6.45, 7) is 2.76. The second kappa shape index (κ2) is 10.4. The summed E-state index contributed by atoms with van der Waals surface area (Å²) in [6.07, 6.45) is -4.20. The number of carboxylic acids is 1. The van der Waals surface area contributed by atoms with Gasteiger partial charge in [-0.1, -0.05) is 55.2 Å². The Kier molecular flexibility index (Phi) is 8.37. The number of hydrogen-bond acceptors (Lipinski definition) is 2. The van der Waals surface area contributed by atoms with Gasteiger partial charge in [0.25, 0.3) is 0 Å². The number of hydrogen-bond donors (Lipinski definition) is 2. The summed E-state index contributed by atoms with van der Waals surface area (Å²) in [7, 11) is 0. The monoisotopic (exact) mass is 475 g/mol. The minimum Gasteiger partial charge on any atom is -0.481 e. The van der Waals surface area contributed by atoms with Crippen LogP contribution in [0.25, 0.3) is 0 Å². The van der Waals surface area contributed by atoms with Crippen molar-refractivity contribution < 1.29 is 27.9 Å². The third-order valence-corrected chi connectivity index (χ3v) is 5.74. The molecule has 3 unspecified atom stereocenters. The molecule has 0 spiro atoms. The highest BCUT2D eigenvalue weighted by atomic mass is 35.5. The Hall–Kier alpha value is -2.25. The molecule has 0 saturated carbocycles. The molecule has 31 heavy (non-hydrogen) atoms. The van der Waals surface area contributed by atoms with Crippen molar-refractivity contribution in [2.45, 2.75) is 44.7 Å². The number of carbonyl (C=O) groups is 2. The Balaban J connectivity index is 2.39. The van der Waals surface area contributed by atoms with E-state index in [1.807, 2.05) is 6.92 Å². The summed E-state index contributed by atoms with van der Waals surface area (Å²) in [5.41, 5.74) is 0.911. The molecule has 0 bridgehead atoms. The molecule has 9 heteroatoms. The van der Waals surface area contributed by atoms with Gasteiger partial charge in [-0.25, -0.2) is 0 Å². The van der Waals surface area contributed by atoms with E-state index < -0.39 is 29.9 Å². The Bertz CT molecular complexity index is 933. The maximum Gasteiger partial charge on any atom is 0.392 e. The average molecular weight is 476 g/mol. The standard InChI is InChI=1S/C22H22Cl2F3NO3/c1-3-13(11-19(29)30)15-6-9-17(24)18(10-15)28-21(31)20(12(2)22(25,26)27)14-4-7-16(23)8-5-14/h4-10,12-13,20H,3,11H2,1-2H3,(H,28,31)(H,29,30). The number of amides is 1. The smallest absolute Gasteiger partial charge is 0.392 e. The van der Waals surface area contributed by atoms with E-state index in [9.17, 15) is 22.8 Å². The molecular weight excluding hydrogens is 454 g/mol. The van der Waals surface area contributed by atoms with Crippen LogP contribution in [0, 0.1) is 5.92 Å². The largest absolute Gasteiger partial charge is 0.481 e. The zero-order chi connectivity index (χ0) is 23.3. The van der Waals surface area contributed by atoms with Crippen molar-refractivity contribution in [2.24, 2.45) is 5.92 Å². The quantitative estimate of drug-likeness (QED) is 0.437. The summed E-state index contributed by atoms with van der Waals surface area (Å²) in [5.74, 6) is -5.68. The summed E-state index contributed by atoms with van der Waals surface area (Å²) in [5, 5.41) is 12.1. The minimum absolute atomic E-state index is 0.121. The summed E-state index contributed by atoms with van der Waals surface area (Å²) in [4.78, 5) is 24.1. The van der Waals surface area contributed by atoms with E-state index in [0.717, 1.165) is 6.92 Å². The second-order valence-corrected chi connectivity index (χ2v) is 8.13. The van der Waals surface area contributed by atoms with Crippen LogP contribution >= 0.6 is 23.2 Å². The van der Waals surface area contributed by atoms with E-state index in [1.54, 1.807) is 6.07 Å². The Morgan fingerprint density at radius 1 is 1.06 bits per heavy atom. The molecule has 0 aliphatic rings. The number of benzene rings is 2. The number of nitrogens with one attached hydrogen (secondary N) is 1. The SMILES string of the molecule is CCC(CC(=O)O)c1ccc(Cl)c(NC(=O)C(c2ccc(Cl)cc2)C(C)C(F)(F)F)c1. The molecule has 2 rings (SSSR count). The third kappa shape index (κ3) is 6.61. The first-order chi connectivity index (χ1) is 14.4. The van der Waals surface area contributed by atoms with Crippen LogP contribution in [0.2, 0.25) is 10.0 Å². The fraction of sp³-hybridized carbons (Fsp3) is 0.364. The van der Waals surface area contributed by atoms with E-state index >= 15 is 0 Å². The predicted octanol–water partition coefficient (Wildman–Crippen LogP) is 6.88. The van der Waals surface area contributed by atoms with Gasteiger partial charge in [-0.3, -0.25) is 9.59 Å². The van der Waals surface area contributed by atoms with Gasteiger partial charge in [-0.05, 0) is 47.7 Å². The van der Waals surface area contributed by atoms with Crippen LogP contribution in [0.5, 0.6) is 0 Å². The molecule has 4 nitrogen and oxygen atoms in total. The highest BCUT2D eigenvalue weighted by molar-refractivity contribution is 6.33. The maximum absolute atomic E-state index is 13.5. The number of anilines is 1. The van der Waals surface area contributed by atoms with Crippen LogP contribution in [0.4, 0.5) is 18.9 Å². The molecule has 2 N–H and O–H groups in total. The zero-order valence-corrected chi connectivity index (χ0v) is 18.4. The highest BCUT2D eigenvalue weighted by Gasteiger charge is 2.45. The molecule has 0 aliphatic heterocycles. The predicted molar refractivity (Wildman–Crippen MR) is 115 cm³/mol. The molecule has 2 aromatic rings. The van der Waals surface area contributed by atoms with E-state index in [2.05, 4.69) is 5.32 Å². The van der Waals surface area contributed by atoms with Crippen molar-refractivity contribution >= 4 is 40.8 Å². The normalized spacial score (nSPS) is 14.5. The van der Waals surface area contributed by atoms with Crippen LogP contribution in [0.1, 0.15) is 49.7 Å². The number of carbonyl (C=O) groups excluding carboxylic acids is 1. The van der Waals surface area contributed by atoms with Crippen molar-refractivity contribution in [1.29, 1.82) is 0 Å². The Morgan fingerprint density at radius 2 is 1.65 bits per heavy atom. The lowest BCUT2D eigenvalue weighted by atomic mass is 9.85. The van der Waals surface area contributed by atoms with Crippen LogP contribution in [0.15, 0.2) is 42.5 Å². The number of rotatable bonds is 8. The van der Waals surface area contributed by atoms with Gasteiger partial charge in [0.2, 0.25) is 5.91 Å². The Morgan fingerprint density at radius 3 is 2.16 bits per heavy atom. The van der Waals surface area contributed by atoms with E-state index in [-0.39, 0.29) is 28.6 Å². The average Bonchev–Trinajstić information content (AvgIpc) is 2.68. The van der Waals surface area contributed by atoms with Gasteiger partial charge in [0.05, 0.1) is 29.0 Å². The zero-order valence-electron chi connectivity index (χ0n) is 16.8. The summed E-state index contributed by atoms with van der Waals surface area (Å²) >= 11 is 12.0. The first kappa shape index (κ1) is 25.0. The highest BCUT2D eigenvalue weighted by Crippen LogP contribution is 2.39. The van der Waals surface area contributed by atoms with Crippen LogP contribution in [-0.2, 0) is 9.59 Å². The molecular formula is C22H22Cl2F3NO3. The van der Waals surface area contributed by atoms with Gasteiger partial charge in [0.15, 0.2) is 0 Å². The van der Waals surface area contributed by atoms with Crippen molar-refractivity contribution in [2.75, 3.05) is 5.32 Å². The molecule has 0 aromatic heterocycles. The van der Waals surface area contributed by atoms with Gasteiger partial charge in [0.1, 0.15) is 0 Å². The number of alkyl halides is 3. The first-order valence-corrected chi connectivity index (χ1v) is 10.3. The van der Waals surface area contributed by atoms with Gasteiger partial charge in [-0.2, -0.15) is 13.2 Å². The topological polar surface area (TPSA) is 66.4 Å². The van der Waals surface area contributed by atoms with Crippen molar-refractivity contribution in [3.63, 3.8) is 0 Å². The lowest BCUT2D eigenvalue weighted by molar-refractivity contribution is -0.178. The molecule has 0 fully saturated rings. The van der Waals surface area contributed by atoms with Crippen molar-refractivity contribution in [3.05, 3.63) is 63.6 Å². The molecule has 0 radical (unpaired) electrons. The van der Waals surface area contributed by atoms with Gasteiger partial charge in [0, 0.05) is 5.02 Å². The second-order valence-electron chi connectivity index (χ2n) is 7.29. The van der Waals surface area contributed by atoms with Crippen LogP contribution < -0.4 is 5.32 Å². The number of halogens is 5. The third-order valence-electron chi connectivity index (χ3n) is 5.16. The lowest BCUT2D eigenvalue weighted by Crippen LogP contribution is -2.34. The van der Waals surface area contributed by atoms with E-state index in [1.165, 1.54) is 36.4 Å². The van der Waals surface area contributed by atoms with Gasteiger partial charge < -0.3 is 10.4 Å². The van der Waals surface area contributed by atoms with E-state index in [4.69, 9.17) is 28.3 Å². The van der Waals surface area contributed by atoms with Crippen molar-refractivity contribution in [3.8, 4) is 0 Å². The molecule has 3 atom stereocenters. The number of carboxylic acid groups (broad SMARTS) is 1. The molecule has 0 saturated heterocycles. The molecule has 0 aliphatic carbocycles. The fourth-order valence-corrected chi connectivity index (χ4v) is 3.63. The lowest BCUT2D eigenvalue weighted by Gasteiger charge is -2.26. The van der Waals surface area contributed by atoms with Gasteiger partial charge >= 0.3 is 12.1 Å². The molecule has 0 heterocycles. The van der Waals surface area contributed by atoms with E-state index in [0.29, 0.717) is 17.0 Å². The first-order valence-electron chi connectivity index (χ1n) is 9.58. The number of aliphatic carboxylic acids is 1. The van der Waals surface area contributed by atoms with Gasteiger partial charge in [-0.15, -0.1) is 0 Å². The molecule has 168 valence electrons. The fourth-order valence-electron chi connectivity index (χ4n) is 3.34. The maximum atomic E-state index is 13.5. The van der Waals surface area contributed by atoms with Crippen molar-refractivity contribution in [1.82, 2.24) is 0 Å². The molecule has 2 aromatic carbocycles. The Labute approximate surface area is 188 Å². The van der Waals surface area contributed by atoms with Crippen LogP contribution in [0.3, 0.4) is 0 Å². The summed E-state index contributed by atoms with van der Waals surface area (Å²) < 4.78 is 40.5. The van der Waals surface area contributed by atoms with Crippen LogP contribution in [-0.4, -0.2) is 23.2 Å². The summed E-state index contributed by atoms with van der Waals surface area (Å²) in [6, 6.07) is 10.2. The minimum atomic E-state index is -4.61. The molecule has 1 amide bonds.